The number of ether oxygens (including phenoxy) is 1. The van der Waals surface area contributed by atoms with Gasteiger partial charge in [-0.3, -0.25) is 14.9 Å². The number of methoxy groups -OCH3 is 1. The van der Waals surface area contributed by atoms with E-state index in [4.69, 9.17) is 4.74 Å². The molecule has 4 nitrogen and oxygen atoms in total. The van der Waals surface area contributed by atoms with Gasteiger partial charge in [-0.25, -0.2) is 0 Å². The lowest BCUT2D eigenvalue weighted by molar-refractivity contribution is -0.117. The Hall–Kier alpha value is -2.27. The zero-order chi connectivity index (χ0) is 16.8. The Balaban J connectivity index is 1.97. The Morgan fingerprint density at radius 1 is 1.13 bits per heavy atom. The Morgan fingerprint density at radius 2 is 1.87 bits per heavy atom. The van der Waals surface area contributed by atoms with Crippen LogP contribution in [0.5, 0.6) is 5.75 Å². The van der Waals surface area contributed by atoms with Gasteiger partial charge in [0.1, 0.15) is 5.75 Å². The summed E-state index contributed by atoms with van der Waals surface area (Å²) in [7, 11) is 1.49. The number of nitrogens with one attached hydrogen (secondary N) is 1. The van der Waals surface area contributed by atoms with Crippen LogP contribution in [0, 0.1) is 13.8 Å². The molecular weight excluding hydrogens is 310 g/mol. The predicted octanol–water partition coefficient (Wildman–Crippen LogP) is 3.36. The average molecular weight is 329 g/mol. The van der Waals surface area contributed by atoms with Gasteiger partial charge in [-0.1, -0.05) is 29.8 Å². The van der Waals surface area contributed by atoms with Crippen molar-refractivity contribution >= 4 is 23.6 Å². The smallest absolute Gasteiger partial charge is 0.261 e. The van der Waals surface area contributed by atoms with E-state index in [9.17, 15) is 9.59 Å². The number of rotatable bonds is 5. The van der Waals surface area contributed by atoms with E-state index in [1.54, 1.807) is 24.3 Å². The Kier molecular flexibility index (Phi) is 5.82. The average Bonchev–Trinajstić information content (AvgIpc) is 2.55. The molecule has 2 amide bonds. The minimum atomic E-state index is -0.450. The number of hydrogen-bond donors (Lipinski definition) is 1. The van der Waals surface area contributed by atoms with Gasteiger partial charge in [0.15, 0.2) is 0 Å². The van der Waals surface area contributed by atoms with Crippen LogP contribution >= 0.6 is 11.8 Å². The third kappa shape index (κ3) is 4.60. The van der Waals surface area contributed by atoms with Crippen LogP contribution in [-0.4, -0.2) is 24.7 Å². The summed E-state index contributed by atoms with van der Waals surface area (Å²) in [6.07, 6.45) is 0. The van der Waals surface area contributed by atoms with E-state index in [-0.39, 0.29) is 11.7 Å². The summed E-state index contributed by atoms with van der Waals surface area (Å²) in [5.74, 6) is -0.147. The Morgan fingerprint density at radius 3 is 2.61 bits per heavy atom. The van der Waals surface area contributed by atoms with Gasteiger partial charge in [0.05, 0.1) is 18.4 Å². The van der Waals surface area contributed by atoms with Crippen molar-refractivity contribution in [2.24, 2.45) is 0 Å². The minimum Gasteiger partial charge on any atom is -0.496 e. The molecule has 0 aliphatic heterocycles. The number of aryl methyl sites for hydroxylation is 2. The molecule has 5 heteroatoms. The van der Waals surface area contributed by atoms with Crippen LogP contribution in [0.1, 0.15) is 21.5 Å². The van der Waals surface area contributed by atoms with Crippen LogP contribution < -0.4 is 10.1 Å². The monoisotopic (exact) mass is 329 g/mol. The SMILES string of the molecule is COc1ccccc1C(=O)NC(=O)CSc1cc(C)ccc1C. The molecule has 0 saturated heterocycles. The largest absolute Gasteiger partial charge is 0.496 e. The second-order valence-corrected chi connectivity index (χ2v) is 6.15. The number of hydrogen-bond acceptors (Lipinski definition) is 4. The summed E-state index contributed by atoms with van der Waals surface area (Å²) in [6.45, 7) is 4.01. The standard InChI is InChI=1S/C18H19NO3S/c1-12-8-9-13(2)16(10-12)23-11-17(20)19-18(21)14-6-4-5-7-15(14)22-3/h4-10H,11H2,1-3H3,(H,19,20,21). The summed E-state index contributed by atoms with van der Waals surface area (Å²) in [4.78, 5) is 25.2. The lowest BCUT2D eigenvalue weighted by atomic mass is 10.2. The van der Waals surface area contributed by atoms with E-state index >= 15 is 0 Å². The van der Waals surface area contributed by atoms with Gasteiger partial charge in [-0.05, 0) is 37.6 Å². The molecule has 0 fully saturated rings. The molecule has 0 bridgehead atoms. The van der Waals surface area contributed by atoms with Crippen molar-refractivity contribution in [1.29, 1.82) is 0 Å². The van der Waals surface area contributed by atoms with Crippen molar-refractivity contribution in [3.63, 3.8) is 0 Å². The lowest BCUT2D eigenvalue weighted by Crippen LogP contribution is -2.32. The summed E-state index contributed by atoms with van der Waals surface area (Å²) < 4.78 is 5.13. The Labute approximate surface area is 140 Å². The molecule has 0 radical (unpaired) electrons. The Bertz CT molecular complexity index is 728. The summed E-state index contributed by atoms with van der Waals surface area (Å²) in [6, 6.07) is 12.9. The molecule has 120 valence electrons. The molecule has 0 unspecified atom stereocenters. The van der Waals surface area contributed by atoms with Crippen LogP contribution in [-0.2, 0) is 4.79 Å². The van der Waals surface area contributed by atoms with E-state index in [2.05, 4.69) is 5.32 Å². The molecule has 2 aromatic rings. The number of imide groups is 1. The quantitative estimate of drug-likeness (QED) is 0.855. The van der Waals surface area contributed by atoms with Crippen molar-refractivity contribution in [3.8, 4) is 5.75 Å². The number of carbonyl (C=O) groups excluding carboxylic acids is 2. The van der Waals surface area contributed by atoms with Crippen LogP contribution in [0.3, 0.4) is 0 Å². The molecule has 0 atom stereocenters. The molecular formula is C18H19NO3S. The zero-order valence-corrected chi connectivity index (χ0v) is 14.2. The molecule has 23 heavy (non-hydrogen) atoms. The molecule has 2 aromatic carbocycles. The van der Waals surface area contributed by atoms with Crippen LogP contribution in [0.15, 0.2) is 47.4 Å². The van der Waals surface area contributed by atoms with E-state index in [0.717, 1.165) is 16.0 Å². The van der Waals surface area contributed by atoms with Gasteiger partial charge in [0.25, 0.3) is 5.91 Å². The van der Waals surface area contributed by atoms with Crippen molar-refractivity contribution < 1.29 is 14.3 Å². The van der Waals surface area contributed by atoms with Crippen molar-refractivity contribution in [3.05, 3.63) is 59.2 Å². The van der Waals surface area contributed by atoms with Crippen LogP contribution in [0.25, 0.3) is 0 Å². The fourth-order valence-electron chi connectivity index (χ4n) is 2.07. The first-order valence-corrected chi connectivity index (χ1v) is 8.17. The second kappa shape index (κ2) is 7.83. The number of thioether (sulfide) groups is 1. The van der Waals surface area contributed by atoms with Crippen LogP contribution in [0.2, 0.25) is 0 Å². The third-order valence-electron chi connectivity index (χ3n) is 3.31. The highest BCUT2D eigenvalue weighted by molar-refractivity contribution is 8.00. The first-order valence-electron chi connectivity index (χ1n) is 7.18. The summed E-state index contributed by atoms with van der Waals surface area (Å²) in [5.41, 5.74) is 2.60. The van der Waals surface area contributed by atoms with E-state index < -0.39 is 5.91 Å². The number of amides is 2. The maximum absolute atomic E-state index is 12.1. The first kappa shape index (κ1) is 17.1. The van der Waals surface area contributed by atoms with E-state index in [1.807, 2.05) is 32.0 Å². The maximum Gasteiger partial charge on any atom is 0.261 e. The molecule has 1 N–H and O–H groups in total. The van der Waals surface area contributed by atoms with Gasteiger partial charge in [-0.2, -0.15) is 0 Å². The summed E-state index contributed by atoms with van der Waals surface area (Å²) in [5, 5.41) is 2.40. The minimum absolute atomic E-state index is 0.186. The highest BCUT2D eigenvalue weighted by Gasteiger charge is 2.15. The van der Waals surface area contributed by atoms with Gasteiger partial charge in [0.2, 0.25) is 5.91 Å². The molecule has 0 aromatic heterocycles. The lowest BCUT2D eigenvalue weighted by Gasteiger charge is -2.09. The highest BCUT2D eigenvalue weighted by Crippen LogP contribution is 2.23. The number of benzene rings is 2. The van der Waals surface area contributed by atoms with Crippen molar-refractivity contribution in [2.75, 3.05) is 12.9 Å². The molecule has 0 aliphatic rings. The maximum atomic E-state index is 12.1. The normalized spacial score (nSPS) is 10.2. The fourth-order valence-corrected chi connectivity index (χ4v) is 2.99. The number of carbonyl (C=O) groups is 2. The fraction of sp³-hybridized carbons (Fsp3) is 0.222. The molecule has 0 heterocycles. The molecule has 2 rings (SSSR count). The summed E-state index contributed by atoms with van der Waals surface area (Å²) >= 11 is 1.42. The van der Waals surface area contributed by atoms with Crippen molar-refractivity contribution in [1.82, 2.24) is 5.32 Å². The molecule has 0 aliphatic carbocycles. The zero-order valence-electron chi connectivity index (χ0n) is 13.4. The highest BCUT2D eigenvalue weighted by atomic mass is 32.2. The predicted molar refractivity (Wildman–Crippen MR) is 92.1 cm³/mol. The molecule has 0 spiro atoms. The van der Waals surface area contributed by atoms with E-state index in [0.29, 0.717) is 11.3 Å². The van der Waals surface area contributed by atoms with Crippen LogP contribution in [0.4, 0.5) is 0 Å². The van der Waals surface area contributed by atoms with Gasteiger partial charge in [-0.15, -0.1) is 11.8 Å². The second-order valence-electron chi connectivity index (χ2n) is 5.14. The number of para-hydroxylation sites is 1. The third-order valence-corrected chi connectivity index (χ3v) is 4.46. The van der Waals surface area contributed by atoms with Crippen molar-refractivity contribution in [2.45, 2.75) is 18.7 Å². The molecule has 0 saturated carbocycles. The van der Waals surface area contributed by atoms with Gasteiger partial charge >= 0.3 is 0 Å². The first-order chi connectivity index (χ1) is 11.0. The van der Waals surface area contributed by atoms with Gasteiger partial charge < -0.3 is 4.74 Å². The topological polar surface area (TPSA) is 55.4 Å². The van der Waals surface area contributed by atoms with E-state index in [1.165, 1.54) is 18.9 Å². The van der Waals surface area contributed by atoms with Gasteiger partial charge in [0, 0.05) is 4.90 Å².